The van der Waals surface area contributed by atoms with Gasteiger partial charge in [0.2, 0.25) is 0 Å². The molecule has 14 heavy (non-hydrogen) atoms. The lowest BCUT2D eigenvalue weighted by Gasteiger charge is -2.16. The van der Waals surface area contributed by atoms with Crippen molar-refractivity contribution in [1.29, 1.82) is 0 Å². The number of fused-ring (bicyclic) bond motifs is 1. The summed E-state index contributed by atoms with van der Waals surface area (Å²) in [5.41, 5.74) is 2.76. The molecule has 0 fully saturated rings. The number of rotatable bonds is 0. The lowest BCUT2D eigenvalue weighted by molar-refractivity contribution is 0.586. The molecule has 1 nitrogen and oxygen atoms in total. The SMILES string of the molecule is Cp1c(C(C)(C)C)nc2ccccc21. The van der Waals surface area contributed by atoms with Crippen molar-refractivity contribution in [2.45, 2.75) is 26.2 Å². The smallest absolute Gasteiger partial charge is 0.0749 e. The zero-order valence-corrected chi connectivity index (χ0v) is 10.1. The molecule has 0 aliphatic heterocycles. The highest BCUT2D eigenvalue weighted by Gasteiger charge is 2.20. The van der Waals surface area contributed by atoms with Gasteiger partial charge in [-0.2, -0.15) is 0 Å². The number of nitrogens with zero attached hydrogens (tertiary/aromatic N) is 1. The van der Waals surface area contributed by atoms with Crippen molar-refractivity contribution < 1.29 is 0 Å². The number of hydrogen-bond donors (Lipinski definition) is 0. The number of para-hydroxylation sites is 1. The lowest BCUT2D eigenvalue weighted by Crippen LogP contribution is -2.10. The van der Waals surface area contributed by atoms with Crippen LogP contribution in [0.1, 0.15) is 26.2 Å². The number of aryl methyl sites for hydroxylation is 1. The second-order valence-corrected chi connectivity index (χ2v) is 6.76. The molecule has 1 atom stereocenters. The van der Waals surface area contributed by atoms with Crippen LogP contribution in [0, 0.1) is 0 Å². The highest BCUT2D eigenvalue weighted by Crippen LogP contribution is 2.44. The molecule has 74 valence electrons. The van der Waals surface area contributed by atoms with Crippen molar-refractivity contribution in [1.82, 2.24) is 4.98 Å². The maximum Gasteiger partial charge on any atom is 0.0749 e. The van der Waals surface area contributed by atoms with E-state index in [9.17, 15) is 0 Å². The first-order valence-electron chi connectivity index (χ1n) is 4.92. The summed E-state index contributed by atoms with van der Waals surface area (Å²) < 4.78 is 0. The summed E-state index contributed by atoms with van der Waals surface area (Å²) in [5, 5.41) is 1.44. The van der Waals surface area contributed by atoms with Crippen molar-refractivity contribution in [3.05, 3.63) is 29.7 Å². The molecule has 1 aromatic carbocycles. The molecular weight excluding hydrogens is 189 g/mol. The minimum absolute atomic E-state index is 0.182. The van der Waals surface area contributed by atoms with E-state index >= 15 is 0 Å². The van der Waals surface area contributed by atoms with Gasteiger partial charge < -0.3 is 0 Å². The van der Waals surface area contributed by atoms with E-state index in [2.05, 4.69) is 51.7 Å². The Kier molecular flexibility index (Phi) is 2.16. The average Bonchev–Trinajstić information content (AvgIpc) is 2.44. The van der Waals surface area contributed by atoms with Crippen LogP contribution in [0.2, 0.25) is 0 Å². The molecule has 2 heteroatoms. The Morgan fingerprint density at radius 1 is 1.14 bits per heavy atom. The number of benzene rings is 1. The monoisotopic (exact) mass is 205 g/mol. The Labute approximate surface area is 86.2 Å². The van der Waals surface area contributed by atoms with Gasteiger partial charge >= 0.3 is 0 Å². The summed E-state index contributed by atoms with van der Waals surface area (Å²) in [6.45, 7) is 9.05. The van der Waals surface area contributed by atoms with Gasteiger partial charge in [-0.25, -0.2) is 4.98 Å². The first-order valence-corrected chi connectivity index (χ1v) is 6.71. The first kappa shape index (κ1) is 9.73. The van der Waals surface area contributed by atoms with Crippen LogP contribution >= 0.6 is 7.53 Å². The molecule has 1 aromatic heterocycles. The summed E-state index contributed by atoms with van der Waals surface area (Å²) in [7, 11) is -0.182. The van der Waals surface area contributed by atoms with Crippen molar-refractivity contribution in [2.24, 2.45) is 6.66 Å². The topological polar surface area (TPSA) is 12.9 Å². The summed E-state index contributed by atoms with van der Waals surface area (Å²) in [4.78, 5) is 4.75. The molecule has 0 saturated carbocycles. The Hall–Kier alpha value is -0.810. The normalized spacial score (nSPS) is 13.6. The molecule has 0 radical (unpaired) electrons. The fraction of sp³-hybridized carbons (Fsp3) is 0.417. The van der Waals surface area contributed by atoms with Gasteiger partial charge in [0.15, 0.2) is 0 Å². The van der Waals surface area contributed by atoms with E-state index < -0.39 is 0 Å². The van der Waals surface area contributed by atoms with Gasteiger partial charge in [-0.1, -0.05) is 40.4 Å². The summed E-state index contributed by atoms with van der Waals surface area (Å²) in [6, 6.07) is 8.51. The van der Waals surface area contributed by atoms with Gasteiger partial charge in [0.05, 0.1) is 10.9 Å². The molecule has 2 rings (SSSR count). The number of aromatic nitrogens is 1. The van der Waals surface area contributed by atoms with E-state index in [0.717, 1.165) is 0 Å². The minimum atomic E-state index is -0.182. The molecule has 0 saturated heterocycles. The van der Waals surface area contributed by atoms with Gasteiger partial charge in [0, 0.05) is 10.5 Å². The van der Waals surface area contributed by atoms with Crippen LogP contribution in [0.4, 0.5) is 0 Å². The largest absolute Gasteiger partial charge is 0.248 e. The highest BCUT2D eigenvalue weighted by atomic mass is 31.1. The molecule has 0 aliphatic carbocycles. The van der Waals surface area contributed by atoms with Crippen LogP contribution in [0.5, 0.6) is 0 Å². The van der Waals surface area contributed by atoms with Crippen LogP contribution < -0.4 is 0 Å². The fourth-order valence-electron chi connectivity index (χ4n) is 1.82. The zero-order chi connectivity index (χ0) is 10.3. The maximum absolute atomic E-state index is 4.75. The van der Waals surface area contributed by atoms with Crippen molar-refractivity contribution in [3.63, 3.8) is 0 Å². The van der Waals surface area contributed by atoms with Crippen molar-refractivity contribution in [2.75, 3.05) is 0 Å². The Balaban J connectivity index is 2.75. The highest BCUT2D eigenvalue weighted by molar-refractivity contribution is 7.54. The third kappa shape index (κ3) is 1.46. The molecule has 1 heterocycles. The van der Waals surface area contributed by atoms with Gasteiger partial charge in [0.1, 0.15) is 0 Å². The third-order valence-electron chi connectivity index (χ3n) is 2.46. The van der Waals surface area contributed by atoms with E-state index in [-0.39, 0.29) is 12.9 Å². The maximum atomic E-state index is 4.75. The number of hydrogen-bond acceptors (Lipinski definition) is 1. The molecule has 2 aromatic rings. The molecule has 0 spiro atoms. The van der Waals surface area contributed by atoms with E-state index in [0.29, 0.717) is 0 Å². The van der Waals surface area contributed by atoms with Crippen LogP contribution in [0.25, 0.3) is 10.6 Å². The summed E-state index contributed by atoms with van der Waals surface area (Å²) >= 11 is 0. The predicted octanol–water partition coefficient (Wildman–Crippen LogP) is 4.06. The minimum Gasteiger partial charge on any atom is -0.248 e. The molecule has 0 N–H and O–H groups in total. The zero-order valence-electron chi connectivity index (χ0n) is 9.20. The van der Waals surface area contributed by atoms with Gasteiger partial charge in [0.25, 0.3) is 0 Å². The van der Waals surface area contributed by atoms with Gasteiger partial charge in [-0.15, -0.1) is 0 Å². The van der Waals surface area contributed by atoms with E-state index in [4.69, 9.17) is 4.98 Å². The molecule has 0 amide bonds. The molecular formula is C12H16NP. The Morgan fingerprint density at radius 3 is 2.36 bits per heavy atom. The third-order valence-corrected chi connectivity index (χ3v) is 4.97. The van der Waals surface area contributed by atoms with E-state index in [1.807, 2.05) is 0 Å². The Bertz CT molecular complexity index is 463. The van der Waals surface area contributed by atoms with Gasteiger partial charge in [-0.05, 0) is 18.8 Å². The summed E-state index contributed by atoms with van der Waals surface area (Å²) in [5.74, 6) is 0. The van der Waals surface area contributed by atoms with Gasteiger partial charge in [-0.3, -0.25) is 0 Å². The lowest BCUT2D eigenvalue weighted by atomic mass is 9.98. The van der Waals surface area contributed by atoms with E-state index in [1.54, 1.807) is 0 Å². The fourth-order valence-corrected chi connectivity index (χ4v) is 4.09. The molecule has 1 unspecified atom stereocenters. The van der Waals surface area contributed by atoms with Crippen molar-refractivity contribution in [3.8, 4) is 0 Å². The van der Waals surface area contributed by atoms with Crippen LogP contribution in [0.15, 0.2) is 24.3 Å². The summed E-state index contributed by atoms with van der Waals surface area (Å²) in [6.07, 6.45) is 0. The van der Waals surface area contributed by atoms with Crippen LogP contribution in [0.3, 0.4) is 0 Å². The van der Waals surface area contributed by atoms with Crippen LogP contribution in [-0.2, 0) is 12.1 Å². The molecule has 0 aliphatic rings. The van der Waals surface area contributed by atoms with E-state index in [1.165, 1.54) is 16.1 Å². The first-order chi connectivity index (χ1) is 6.50. The Morgan fingerprint density at radius 2 is 1.79 bits per heavy atom. The van der Waals surface area contributed by atoms with Crippen LogP contribution in [-0.4, -0.2) is 4.98 Å². The average molecular weight is 205 g/mol. The predicted molar refractivity (Wildman–Crippen MR) is 64.1 cm³/mol. The molecule has 0 bridgehead atoms. The second-order valence-electron chi connectivity index (χ2n) is 4.73. The quantitative estimate of drug-likeness (QED) is 0.632. The van der Waals surface area contributed by atoms with Crippen molar-refractivity contribution >= 4 is 18.2 Å². The standard InChI is InChI=1S/C12H16NP/c1-12(2,3)11-13-9-7-5-6-8-10(9)14(11)4/h5-8H,1-4H3. The second kappa shape index (κ2) is 3.10.